The first-order chi connectivity index (χ1) is 10.2. The van der Waals surface area contributed by atoms with Gasteiger partial charge in [0, 0.05) is 24.6 Å². The Labute approximate surface area is 145 Å². The van der Waals surface area contributed by atoms with Crippen molar-refractivity contribution in [3.8, 4) is 11.5 Å². The van der Waals surface area contributed by atoms with Gasteiger partial charge in [0.2, 0.25) is 5.89 Å². The molecule has 0 atom stereocenters. The molecule has 0 bridgehead atoms. The zero-order valence-electron chi connectivity index (χ0n) is 12.0. The molecule has 0 saturated heterocycles. The fraction of sp³-hybridized carbons (Fsp3) is 0.333. The van der Waals surface area contributed by atoms with Crippen molar-refractivity contribution in [1.29, 1.82) is 0 Å². The van der Waals surface area contributed by atoms with Crippen LogP contribution in [0.25, 0.3) is 11.5 Å². The Hall–Kier alpha value is -1.64. The Morgan fingerprint density at radius 1 is 1.36 bits per heavy atom. The Balaban J connectivity index is 0.00000176. The predicted molar refractivity (Wildman–Crippen MR) is 93.7 cm³/mol. The van der Waals surface area contributed by atoms with E-state index >= 15 is 0 Å². The summed E-state index contributed by atoms with van der Waals surface area (Å²) in [4.78, 5) is 8.61. The lowest BCUT2D eigenvalue weighted by atomic mass is 10.2. The van der Waals surface area contributed by atoms with Gasteiger partial charge in [-0.25, -0.2) is 9.37 Å². The average molecular weight is 416 g/mol. The highest BCUT2D eigenvalue weighted by atomic mass is 127. The number of oxazole rings is 1. The van der Waals surface area contributed by atoms with Gasteiger partial charge in [0.05, 0.1) is 5.69 Å². The van der Waals surface area contributed by atoms with E-state index in [0.717, 1.165) is 11.3 Å². The first kappa shape index (κ1) is 16.7. The maximum Gasteiger partial charge on any atom is 0.226 e. The third-order valence-corrected chi connectivity index (χ3v) is 3.22. The van der Waals surface area contributed by atoms with Gasteiger partial charge in [-0.1, -0.05) is 0 Å². The lowest BCUT2D eigenvalue weighted by Gasteiger charge is -2.01. The highest BCUT2D eigenvalue weighted by Gasteiger charge is 2.21. The molecule has 2 aromatic rings. The Kier molecular flexibility index (Phi) is 5.76. The molecule has 0 amide bonds. The monoisotopic (exact) mass is 416 g/mol. The second-order valence-corrected chi connectivity index (χ2v) is 5.09. The molecular formula is C15H18FIN4O. The van der Waals surface area contributed by atoms with Gasteiger partial charge in [-0.2, -0.15) is 0 Å². The van der Waals surface area contributed by atoms with E-state index in [1.807, 2.05) is 0 Å². The van der Waals surface area contributed by atoms with Crippen molar-refractivity contribution in [1.82, 2.24) is 10.3 Å². The molecule has 3 rings (SSSR count). The number of hydrogen-bond donors (Lipinski definition) is 2. The molecule has 1 aromatic carbocycles. The first-order valence-corrected chi connectivity index (χ1v) is 6.97. The summed E-state index contributed by atoms with van der Waals surface area (Å²) in [5.41, 5.74) is 7.30. The second kappa shape index (κ2) is 7.57. The Morgan fingerprint density at radius 3 is 2.77 bits per heavy atom. The van der Waals surface area contributed by atoms with Crippen molar-refractivity contribution in [2.24, 2.45) is 10.7 Å². The summed E-state index contributed by atoms with van der Waals surface area (Å²) >= 11 is 0. The minimum absolute atomic E-state index is 0. The molecule has 0 aliphatic heterocycles. The molecule has 1 heterocycles. The highest BCUT2D eigenvalue weighted by molar-refractivity contribution is 14.0. The van der Waals surface area contributed by atoms with Crippen molar-refractivity contribution in [3.63, 3.8) is 0 Å². The van der Waals surface area contributed by atoms with Gasteiger partial charge in [0.25, 0.3) is 0 Å². The van der Waals surface area contributed by atoms with Gasteiger partial charge in [-0.15, -0.1) is 24.0 Å². The van der Waals surface area contributed by atoms with Crippen LogP contribution in [0.5, 0.6) is 0 Å². The predicted octanol–water partition coefficient (Wildman–Crippen LogP) is 2.71. The summed E-state index contributed by atoms with van der Waals surface area (Å²) in [6, 6.07) is 6.55. The van der Waals surface area contributed by atoms with E-state index < -0.39 is 0 Å². The number of hydrogen-bond acceptors (Lipinski definition) is 3. The number of nitrogens with one attached hydrogen (secondary N) is 1. The molecule has 5 nitrogen and oxygen atoms in total. The number of aliphatic imine (C=N–C) groups is 1. The molecule has 7 heteroatoms. The summed E-state index contributed by atoms with van der Waals surface area (Å²) < 4.78 is 18.3. The molecule has 22 heavy (non-hydrogen) atoms. The molecule has 0 unspecified atom stereocenters. The third-order valence-electron chi connectivity index (χ3n) is 3.22. The van der Waals surface area contributed by atoms with Crippen LogP contribution in [0.4, 0.5) is 4.39 Å². The van der Waals surface area contributed by atoms with Crippen LogP contribution in [0.3, 0.4) is 0 Å². The van der Waals surface area contributed by atoms with Crippen LogP contribution in [0.2, 0.25) is 0 Å². The number of benzene rings is 1. The van der Waals surface area contributed by atoms with Crippen molar-refractivity contribution in [3.05, 3.63) is 42.0 Å². The summed E-state index contributed by atoms with van der Waals surface area (Å²) in [5, 5.41) is 3.12. The van der Waals surface area contributed by atoms with Gasteiger partial charge in [-0.05, 0) is 37.1 Å². The van der Waals surface area contributed by atoms with Crippen molar-refractivity contribution < 1.29 is 8.81 Å². The van der Waals surface area contributed by atoms with Gasteiger partial charge in [0.15, 0.2) is 5.96 Å². The minimum Gasteiger partial charge on any atom is -0.444 e. The number of nitrogens with two attached hydrogens (primary N) is 1. The fourth-order valence-corrected chi connectivity index (χ4v) is 1.92. The van der Waals surface area contributed by atoms with E-state index in [0.29, 0.717) is 30.9 Å². The van der Waals surface area contributed by atoms with Crippen molar-refractivity contribution in [2.75, 3.05) is 6.54 Å². The van der Waals surface area contributed by atoms with Gasteiger partial charge < -0.3 is 15.5 Å². The number of halogens is 2. The summed E-state index contributed by atoms with van der Waals surface area (Å²) in [6.45, 7) is 0.556. The molecule has 3 N–H and O–H groups in total. The van der Waals surface area contributed by atoms with Crippen LogP contribution in [-0.4, -0.2) is 23.5 Å². The van der Waals surface area contributed by atoms with Gasteiger partial charge in [-0.3, -0.25) is 4.99 Å². The van der Waals surface area contributed by atoms with E-state index in [1.54, 1.807) is 18.4 Å². The zero-order valence-corrected chi connectivity index (χ0v) is 14.3. The smallest absolute Gasteiger partial charge is 0.226 e. The highest BCUT2D eigenvalue weighted by Crippen LogP contribution is 2.19. The lowest BCUT2D eigenvalue weighted by molar-refractivity contribution is 0.572. The summed E-state index contributed by atoms with van der Waals surface area (Å²) in [6.07, 6.45) is 4.58. The quantitative estimate of drug-likeness (QED) is 0.447. The standard InChI is InChI=1S/C15H17FN4O.HI/c16-11-3-1-10(2-4-11)14-19-13(9-21-14)7-8-18-15(17)20-12-5-6-12;/h1-4,9,12H,5-8H2,(H3,17,18,20);1H. The summed E-state index contributed by atoms with van der Waals surface area (Å²) in [5.74, 6) is 0.691. The largest absolute Gasteiger partial charge is 0.444 e. The van der Waals surface area contributed by atoms with E-state index in [9.17, 15) is 4.39 Å². The van der Waals surface area contributed by atoms with Gasteiger partial charge in [0.1, 0.15) is 12.1 Å². The van der Waals surface area contributed by atoms with E-state index in [1.165, 1.54) is 25.0 Å². The Morgan fingerprint density at radius 2 is 2.09 bits per heavy atom. The minimum atomic E-state index is -0.279. The van der Waals surface area contributed by atoms with E-state index in [-0.39, 0.29) is 29.8 Å². The normalized spacial score (nSPS) is 14.5. The van der Waals surface area contributed by atoms with Crippen LogP contribution in [0.15, 0.2) is 39.9 Å². The zero-order chi connectivity index (χ0) is 14.7. The molecule has 0 radical (unpaired) electrons. The molecule has 1 aliphatic rings. The number of aromatic nitrogens is 1. The van der Waals surface area contributed by atoms with E-state index in [4.69, 9.17) is 10.2 Å². The molecule has 1 aliphatic carbocycles. The fourth-order valence-electron chi connectivity index (χ4n) is 1.92. The van der Waals surface area contributed by atoms with Crippen molar-refractivity contribution >= 4 is 29.9 Å². The number of nitrogens with zero attached hydrogens (tertiary/aromatic N) is 2. The van der Waals surface area contributed by atoms with E-state index in [2.05, 4.69) is 15.3 Å². The van der Waals surface area contributed by atoms with Crippen LogP contribution in [0, 0.1) is 5.82 Å². The first-order valence-electron chi connectivity index (χ1n) is 6.97. The Bertz CT molecular complexity index is 637. The summed E-state index contributed by atoms with van der Waals surface area (Å²) in [7, 11) is 0. The van der Waals surface area contributed by atoms with Crippen molar-refractivity contribution in [2.45, 2.75) is 25.3 Å². The number of guanidine groups is 1. The molecule has 118 valence electrons. The third kappa shape index (κ3) is 4.69. The average Bonchev–Trinajstić information content (AvgIpc) is 3.15. The SMILES string of the molecule is I.NC(=NCCc1coc(-c2ccc(F)cc2)n1)NC1CC1. The second-order valence-electron chi connectivity index (χ2n) is 5.09. The molecule has 1 saturated carbocycles. The number of rotatable bonds is 5. The molecular weight excluding hydrogens is 398 g/mol. The molecule has 0 spiro atoms. The maximum atomic E-state index is 12.9. The topological polar surface area (TPSA) is 76.4 Å². The lowest BCUT2D eigenvalue weighted by Crippen LogP contribution is -2.33. The van der Waals surface area contributed by atoms with Crippen LogP contribution in [-0.2, 0) is 6.42 Å². The van der Waals surface area contributed by atoms with Crippen LogP contribution >= 0.6 is 24.0 Å². The van der Waals surface area contributed by atoms with Crippen LogP contribution < -0.4 is 11.1 Å². The van der Waals surface area contributed by atoms with Crippen LogP contribution in [0.1, 0.15) is 18.5 Å². The maximum absolute atomic E-state index is 12.9. The molecule has 1 fully saturated rings. The van der Waals surface area contributed by atoms with Gasteiger partial charge >= 0.3 is 0 Å². The molecule has 1 aromatic heterocycles.